The number of nitrogens with one attached hydrogen (secondary N) is 2. The summed E-state index contributed by atoms with van der Waals surface area (Å²) in [5, 5.41) is 14.0. The molecule has 1 amide bonds. The molecule has 3 rings (SSSR count). The molecule has 2 N–H and O–H groups in total. The van der Waals surface area contributed by atoms with Crippen LogP contribution in [0, 0.1) is 13.8 Å². The van der Waals surface area contributed by atoms with Gasteiger partial charge in [0.15, 0.2) is 17.3 Å². The molecular weight excluding hydrogens is 340 g/mol. The van der Waals surface area contributed by atoms with E-state index in [4.69, 9.17) is 0 Å². The zero-order valence-corrected chi connectivity index (χ0v) is 15.4. The van der Waals surface area contributed by atoms with E-state index in [1.807, 2.05) is 38.1 Å². The number of hydrogen-bond donors (Lipinski definition) is 2. The van der Waals surface area contributed by atoms with E-state index < -0.39 is 0 Å². The molecule has 0 aliphatic heterocycles. The summed E-state index contributed by atoms with van der Waals surface area (Å²) in [5.41, 5.74) is 4.32. The minimum absolute atomic E-state index is 0.0109. The van der Waals surface area contributed by atoms with Crippen molar-refractivity contribution in [1.82, 2.24) is 10.2 Å². The Balaban J connectivity index is 1.72. The molecule has 0 radical (unpaired) electrons. The van der Waals surface area contributed by atoms with Gasteiger partial charge in [0, 0.05) is 16.9 Å². The molecule has 3 aromatic rings. The fourth-order valence-electron chi connectivity index (χ4n) is 2.67. The van der Waals surface area contributed by atoms with Crippen LogP contribution in [0.15, 0.2) is 54.6 Å². The van der Waals surface area contributed by atoms with Crippen molar-refractivity contribution in [1.29, 1.82) is 0 Å². The van der Waals surface area contributed by atoms with Gasteiger partial charge >= 0.3 is 0 Å². The number of nitrogens with zero attached hydrogens (tertiary/aromatic N) is 2. The number of para-hydroxylation sites is 1. The standard InChI is InChI=1S/C21H20N4O2/c1-13-6-4-7-14(2)20(13)23-21(27)18-10-11-19(25-24-18)22-17-9-5-8-16(12-17)15(3)26/h4-12H,1-3H3,(H,22,25)(H,23,27). The van der Waals surface area contributed by atoms with Gasteiger partial charge in [-0.1, -0.05) is 30.3 Å². The molecule has 0 saturated carbocycles. The Bertz CT molecular complexity index is 977. The van der Waals surface area contributed by atoms with E-state index in [2.05, 4.69) is 20.8 Å². The quantitative estimate of drug-likeness (QED) is 0.663. The van der Waals surface area contributed by atoms with Crippen LogP contribution in [0.5, 0.6) is 0 Å². The predicted octanol–water partition coefficient (Wildman–Crippen LogP) is 4.29. The molecule has 0 fully saturated rings. The number of carbonyl (C=O) groups excluding carboxylic acids is 2. The molecule has 1 heterocycles. The molecule has 1 aromatic heterocycles. The summed E-state index contributed by atoms with van der Waals surface area (Å²) in [6, 6.07) is 16.2. The maximum absolute atomic E-state index is 12.4. The van der Waals surface area contributed by atoms with E-state index >= 15 is 0 Å². The molecule has 0 aliphatic rings. The van der Waals surface area contributed by atoms with Crippen LogP contribution in [-0.4, -0.2) is 21.9 Å². The minimum atomic E-state index is -0.315. The van der Waals surface area contributed by atoms with Crippen molar-refractivity contribution >= 4 is 28.9 Å². The Kier molecular flexibility index (Phi) is 5.26. The molecule has 6 heteroatoms. The number of aryl methyl sites for hydroxylation is 2. The summed E-state index contributed by atoms with van der Waals surface area (Å²) in [6.45, 7) is 5.40. The van der Waals surface area contributed by atoms with Crippen molar-refractivity contribution in [2.24, 2.45) is 0 Å². The van der Waals surface area contributed by atoms with Gasteiger partial charge < -0.3 is 10.6 Å². The van der Waals surface area contributed by atoms with Gasteiger partial charge in [0.1, 0.15) is 0 Å². The van der Waals surface area contributed by atoms with E-state index in [1.165, 1.54) is 6.92 Å². The second kappa shape index (κ2) is 7.78. The largest absolute Gasteiger partial charge is 0.339 e. The first-order chi connectivity index (χ1) is 12.9. The lowest BCUT2D eigenvalue weighted by atomic mass is 10.1. The third-order valence-corrected chi connectivity index (χ3v) is 4.16. The number of amides is 1. The van der Waals surface area contributed by atoms with Gasteiger partial charge in [0.05, 0.1) is 0 Å². The Morgan fingerprint density at radius 2 is 1.59 bits per heavy atom. The predicted molar refractivity (Wildman–Crippen MR) is 106 cm³/mol. The SMILES string of the molecule is CC(=O)c1cccc(Nc2ccc(C(=O)Nc3c(C)cccc3C)nn2)c1. The smallest absolute Gasteiger partial charge is 0.276 e. The highest BCUT2D eigenvalue weighted by molar-refractivity contribution is 6.03. The summed E-state index contributed by atoms with van der Waals surface area (Å²) in [6.07, 6.45) is 0. The second-order valence-corrected chi connectivity index (χ2v) is 6.29. The normalized spacial score (nSPS) is 10.3. The molecule has 136 valence electrons. The number of ketones is 1. The molecule has 6 nitrogen and oxygen atoms in total. The lowest BCUT2D eigenvalue weighted by Gasteiger charge is -2.11. The number of carbonyl (C=O) groups is 2. The summed E-state index contributed by atoms with van der Waals surface area (Å²) in [7, 11) is 0. The molecule has 0 saturated heterocycles. The molecule has 27 heavy (non-hydrogen) atoms. The molecular formula is C21H20N4O2. The van der Waals surface area contributed by atoms with Crippen molar-refractivity contribution in [3.63, 3.8) is 0 Å². The number of hydrogen-bond acceptors (Lipinski definition) is 5. The fourth-order valence-corrected chi connectivity index (χ4v) is 2.67. The monoisotopic (exact) mass is 360 g/mol. The van der Waals surface area contributed by atoms with Crippen LogP contribution in [0.25, 0.3) is 0 Å². The molecule has 0 atom stereocenters. The van der Waals surface area contributed by atoms with Gasteiger partial charge in [0.2, 0.25) is 0 Å². The first-order valence-electron chi connectivity index (χ1n) is 8.53. The second-order valence-electron chi connectivity index (χ2n) is 6.29. The molecule has 0 spiro atoms. The Hall–Kier alpha value is -3.54. The Morgan fingerprint density at radius 3 is 2.22 bits per heavy atom. The Labute approximate surface area is 157 Å². The van der Waals surface area contributed by atoms with Gasteiger partial charge in [-0.05, 0) is 56.2 Å². The van der Waals surface area contributed by atoms with Gasteiger partial charge in [-0.2, -0.15) is 0 Å². The third kappa shape index (κ3) is 4.36. The minimum Gasteiger partial charge on any atom is -0.339 e. The van der Waals surface area contributed by atoms with Crippen molar-refractivity contribution in [2.75, 3.05) is 10.6 Å². The number of anilines is 3. The van der Waals surface area contributed by atoms with Crippen molar-refractivity contribution in [2.45, 2.75) is 20.8 Å². The number of aromatic nitrogens is 2. The number of benzene rings is 2. The van der Waals surface area contributed by atoms with Crippen molar-refractivity contribution in [3.8, 4) is 0 Å². The van der Waals surface area contributed by atoms with E-state index in [0.717, 1.165) is 22.5 Å². The van der Waals surface area contributed by atoms with Gasteiger partial charge in [-0.15, -0.1) is 10.2 Å². The van der Waals surface area contributed by atoms with E-state index in [-0.39, 0.29) is 17.4 Å². The zero-order valence-electron chi connectivity index (χ0n) is 15.4. The van der Waals surface area contributed by atoms with Crippen LogP contribution in [-0.2, 0) is 0 Å². The maximum Gasteiger partial charge on any atom is 0.276 e. The average Bonchev–Trinajstić information content (AvgIpc) is 2.65. The average molecular weight is 360 g/mol. The lowest BCUT2D eigenvalue weighted by Crippen LogP contribution is -2.16. The van der Waals surface area contributed by atoms with Crippen LogP contribution in [0.4, 0.5) is 17.2 Å². The lowest BCUT2D eigenvalue weighted by molar-refractivity contribution is 0.101. The van der Waals surface area contributed by atoms with Gasteiger partial charge in [-0.3, -0.25) is 9.59 Å². The highest BCUT2D eigenvalue weighted by Crippen LogP contribution is 2.20. The zero-order chi connectivity index (χ0) is 19.4. The highest BCUT2D eigenvalue weighted by Gasteiger charge is 2.12. The highest BCUT2D eigenvalue weighted by atomic mass is 16.2. The summed E-state index contributed by atoms with van der Waals surface area (Å²) in [4.78, 5) is 23.9. The maximum atomic E-state index is 12.4. The van der Waals surface area contributed by atoms with E-state index in [9.17, 15) is 9.59 Å². The van der Waals surface area contributed by atoms with E-state index in [1.54, 1.807) is 30.3 Å². The van der Waals surface area contributed by atoms with Crippen LogP contribution >= 0.6 is 0 Å². The van der Waals surface area contributed by atoms with Gasteiger partial charge in [0.25, 0.3) is 5.91 Å². The summed E-state index contributed by atoms with van der Waals surface area (Å²) < 4.78 is 0. The van der Waals surface area contributed by atoms with E-state index in [0.29, 0.717) is 11.4 Å². The van der Waals surface area contributed by atoms with Crippen LogP contribution in [0.1, 0.15) is 38.9 Å². The van der Waals surface area contributed by atoms with Crippen molar-refractivity contribution in [3.05, 3.63) is 77.0 Å². The Morgan fingerprint density at radius 1 is 0.889 bits per heavy atom. The first kappa shape index (κ1) is 18.3. The molecule has 0 aliphatic carbocycles. The third-order valence-electron chi connectivity index (χ3n) is 4.16. The van der Waals surface area contributed by atoms with Gasteiger partial charge in [-0.25, -0.2) is 0 Å². The number of Topliss-reactive ketones (excluding diaryl/α,β-unsaturated/α-hetero) is 1. The number of rotatable bonds is 5. The molecule has 0 bridgehead atoms. The summed E-state index contributed by atoms with van der Waals surface area (Å²) in [5.74, 6) is 0.160. The molecule has 0 unspecified atom stereocenters. The molecule has 2 aromatic carbocycles. The van der Waals surface area contributed by atoms with Crippen LogP contribution in [0.2, 0.25) is 0 Å². The topological polar surface area (TPSA) is 84.0 Å². The van der Waals surface area contributed by atoms with Crippen LogP contribution in [0.3, 0.4) is 0 Å². The first-order valence-corrected chi connectivity index (χ1v) is 8.53. The fraction of sp³-hybridized carbons (Fsp3) is 0.143. The van der Waals surface area contributed by atoms with Crippen LogP contribution < -0.4 is 10.6 Å². The van der Waals surface area contributed by atoms with Crippen molar-refractivity contribution < 1.29 is 9.59 Å². The summed E-state index contributed by atoms with van der Waals surface area (Å²) >= 11 is 0.